The largest absolute Gasteiger partial charge is 0.394 e. The van der Waals surface area contributed by atoms with Crippen LogP contribution in [0.2, 0.25) is 0 Å². The Morgan fingerprint density at radius 3 is 1.88 bits per heavy atom. The Kier molecular flexibility index (Phi) is 13.5. The predicted molar refractivity (Wildman–Crippen MR) is 127 cm³/mol. The van der Waals surface area contributed by atoms with Gasteiger partial charge in [0.05, 0.1) is 32.5 Å². The average molecular weight is 589 g/mol. The SMILES string of the molecule is CC(=O)N[C@H]1[C@@H](O[C@H]2[C@@H](O)[C@@H](CO)O[C@@H](O[C@@H]([C@@H](O)[C@H](O)CO)[C@H](CO)NC(C)=O)[C@@H]2O)O[C@H](CO)[C@H](O)[C@@H]1O. The first kappa shape index (κ1) is 34.6. The van der Waals surface area contributed by atoms with Crippen molar-refractivity contribution in [2.45, 2.75) is 99.6 Å². The van der Waals surface area contributed by atoms with Gasteiger partial charge in [-0.1, -0.05) is 0 Å². The minimum absolute atomic E-state index is 0.675. The normalized spacial score (nSPS) is 37.7. The lowest BCUT2D eigenvalue weighted by atomic mass is 9.95. The Balaban J connectivity index is 2.39. The van der Waals surface area contributed by atoms with Gasteiger partial charge < -0.3 is 80.6 Å². The number of hydrogen-bond donors (Lipinski definition) is 12. The van der Waals surface area contributed by atoms with Crippen LogP contribution in [-0.4, -0.2) is 175 Å². The van der Waals surface area contributed by atoms with Crippen molar-refractivity contribution in [3.05, 3.63) is 0 Å². The molecule has 0 aliphatic carbocycles. The standard InChI is InChI=1S/C22H40N2O16/c1-7(29)23-9(3-25)19(14(32)10(31)4-26)39-22-18(36)20(16(34)12(6-28)38-22)40-21-13(24-8(2)30)17(35)15(33)11(5-27)37-21/h9-22,25-28,31-36H,3-6H2,1-2H3,(H,23,29)(H,24,30)/t9-,10+,11+,12+,13+,14-,15-,16-,17+,18+,19+,20-,21+,22-/m0/s1. The molecule has 18 heteroatoms. The number of nitrogens with one attached hydrogen (secondary N) is 2. The van der Waals surface area contributed by atoms with Crippen molar-refractivity contribution in [1.82, 2.24) is 10.6 Å². The first-order valence-electron chi connectivity index (χ1n) is 12.5. The Bertz CT molecular complexity index is 809. The van der Waals surface area contributed by atoms with E-state index in [1.165, 1.54) is 0 Å². The van der Waals surface area contributed by atoms with Crippen LogP contribution in [-0.2, 0) is 28.5 Å². The molecule has 2 aliphatic rings. The average Bonchev–Trinajstić information content (AvgIpc) is 2.91. The second-order valence-electron chi connectivity index (χ2n) is 9.57. The van der Waals surface area contributed by atoms with Crippen LogP contribution in [0.25, 0.3) is 0 Å². The second-order valence-corrected chi connectivity index (χ2v) is 9.57. The molecule has 2 heterocycles. The van der Waals surface area contributed by atoms with Crippen LogP contribution in [0.15, 0.2) is 0 Å². The van der Waals surface area contributed by atoms with Crippen LogP contribution in [0.1, 0.15) is 13.8 Å². The van der Waals surface area contributed by atoms with Crippen molar-refractivity contribution < 1.29 is 79.6 Å². The third kappa shape index (κ3) is 8.23. The molecule has 0 aromatic rings. The number of aliphatic hydroxyl groups excluding tert-OH is 10. The summed E-state index contributed by atoms with van der Waals surface area (Å²) in [7, 11) is 0. The van der Waals surface area contributed by atoms with Crippen LogP contribution in [0.5, 0.6) is 0 Å². The number of ether oxygens (including phenoxy) is 4. The Labute approximate surface area is 228 Å². The molecule has 12 N–H and O–H groups in total. The highest BCUT2D eigenvalue weighted by Crippen LogP contribution is 2.31. The Morgan fingerprint density at radius 2 is 1.38 bits per heavy atom. The summed E-state index contributed by atoms with van der Waals surface area (Å²) in [5.41, 5.74) is 0. The highest BCUT2D eigenvalue weighted by atomic mass is 16.7. The monoisotopic (exact) mass is 588 g/mol. The summed E-state index contributed by atoms with van der Waals surface area (Å²) in [5.74, 6) is -1.35. The van der Waals surface area contributed by atoms with E-state index in [0.717, 1.165) is 13.8 Å². The molecule has 2 aliphatic heterocycles. The zero-order valence-corrected chi connectivity index (χ0v) is 21.8. The van der Waals surface area contributed by atoms with Crippen molar-refractivity contribution in [1.29, 1.82) is 0 Å². The summed E-state index contributed by atoms with van der Waals surface area (Å²) >= 11 is 0. The first-order chi connectivity index (χ1) is 18.8. The van der Waals surface area contributed by atoms with Gasteiger partial charge >= 0.3 is 0 Å². The van der Waals surface area contributed by atoms with E-state index in [1.807, 2.05) is 0 Å². The molecule has 0 radical (unpaired) electrons. The van der Waals surface area contributed by atoms with Gasteiger partial charge in [-0.25, -0.2) is 0 Å². The van der Waals surface area contributed by atoms with Crippen molar-refractivity contribution >= 4 is 11.8 Å². The van der Waals surface area contributed by atoms with Crippen LogP contribution >= 0.6 is 0 Å². The number of aliphatic hydroxyl groups is 10. The molecule has 0 aromatic heterocycles. The fraction of sp³-hybridized carbons (Fsp3) is 0.909. The summed E-state index contributed by atoms with van der Waals surface area (Å²) in [6.07, 6.45) is -21.0. The number of carbonyl (C=O) groups is 2. The first-order valence-corrected chi connectivity index (χ1v) is 12.5. The lowest BCUT2D eigenvalue weighted by molar-refractivity contribution is -0.357. The van der Waals surface area contributed by atoms with Crippen molar-refractivity contribution in [3.8, 4) is 0 Å². The van der Waals surface area contributed by atoms with Crippen LogP contribution in [0, 0.1) is 0 Å². The van der Waals surface area contributed by atoms with Gasteiger partial charge in [0.15, 0.2) is 12.6 Å². The highest BCUT2D eigenvalue weighted by Gasteiger charge is 2.52. The van der Waals surface area contributed by atoms with E-state index < -0.39 is 124 Å². The summed E-state index contributed by atoms with van der Waals surface area (Å²) in [6.45, 7) is -1.27. The number of carbonyl (C=O) groups excluding carboxylic acids is 2. The molecular formula is C22H40N2O16. The molecule has 2 saturated heterocycles. The van der Waals surface area contributed by atoms with Gasteiger partial charge in [-0.05, 0) is 0 Å². The van der Waals surface area contributed by atoms with E-state index in [4.69, 9.17) is 18.9 Å². The van der Waals surface area contributed by atoms with Gasteiger partial charge in [0, 0.05) is 13.8 Å². The van der Waals surface area contributed by atoms with Crippen LogP contribution < -0.4 is 10.6 Å². The van der Waals surface area contributed by atoms with Gasteiger partial charge in [0.25, 0.3) is 0 Å². The molecule has 0 saturated carbocycles. The predicted octanol–water partition coefficient (Wildman–Crippen LogP) is -7.65. The van der Waals surface area contributed by atoms with E-state index in [-0.39, 0.29) is 0 Å². The van der Waals surface area contributed by atoms with Crippen molar-refractivity contribution in [3.63, 3.8) is 0 Å². The number of hydrogen-bond acceptors (Lipinski definition) is 16. The zero-order chi connectivity index (χ0) is 30.3. The maximum absolute atomic E-state index is 11.7. The minimum atomic E-state index is -1.99. The maximum Gasteiger partial charge on any atom is 0.217 e. The lowest BCUT2D eigenvalue weighted by Gasteiger charge is -2.47. The van der Waals surface area contributed by atoms with Gasteiger partial charge in [-0.2, -0.15) is 0 Å². The van der Waals surface area contributed by atoms with Gasteiger partial charge in [-0.15, -0.1) is 0 Å². The molecular weight excluding hydrogens is 548 g/mol. The summed E-state index contributed by atoms with van der Waals surface area (Å²) in [6, 6.07) is -2.87. The topological polar surface area (TPSA) is 297 Å². The van der Waals surface area contributed by atoms with E-state index in [2.05, 4.69) is 10.6 Å². The summed E-state index contributed by atoms with van der Waals surface area (Å²) < 4.78 is 22.1. The number of amides is 2. The molecule has 40 heavy (non-hydrogen) atoms. The molecule has 234 valence electrons. The van der Waals surface area contributed by atoms with E-state index in [9.17, 15) is 60.7 Å². The molecule has 0 bridgehead atoms. The van der Waals surface area contributed by atoms with Gasteiger partial charge in [0.2, 0.25) is 11.8 Å². The molecule has 2 fully saturated rings. The lowest BCUT2D eigenvalue weighted by Crippen LogP contribution is -2.68. The number of rotatable bonds is 13. The summed E-state index contributed by atoms with van der Waals surface area (Å²) in [5, 5.41) is 106. The Morgan fingerprint density at radius 1 is 0.800 bits per heavy atom. The fourth-order valence-corrected chi connectivity index (χ4v) is 4.46. The maximum atomic E-state index is 11.7. The van der Waals surface area contributed by atoms with Crippen molar-refractivity contribution in [2.24, 2.45) is 0 Å². The van der Waals surface area contributed by atoms with Gasteiger partial charge in [-0.3, -0.25) is 9.59 Å². The smallest absolute Gasteiger partial charge is 0.217 e. The molecule has 0 aromatic carbocycles. The molecule has 14 atom stereocenters. The van der Waals surface area contributed by atoms with Crippen molar-refractivity contribution in [2.75, 3.05) is 26.4 Å². The third-order valence-electron chi connectivity index (χ3n) is 6.55. The summed E-state index contributed by atoms with van der Waals surface area (Å²) in [4.78, 5) is 23.3. The molecule has 2 amide bonds. The van der Waals surface area contributed by atoms with E-state index in [0.29, 0.717) is 0 Å². The molecule has 2 rings (SSSR count). The zero-order valence-electron chi connectivity index (χ0n) is 21.8. The highest BCUT2D eigenvalue weighted by molar-refractivity contribution is 5.73. The molecule has 0 spiro atoms. The second kappa shape index (κ2) is 15.6. The minimum Gasteiger partial charge on any atom is -0.394 e. The fourth-order valence-electron chi connectivity index (χ4n) is 4.46. The molecule has 0 unspecified atom stereocenters. The van der Waals surface area contributed by atoms with Crippen LogP contribution in [0.3, 0.4) is 0 Å². The third-order valence-corrected chi connectivity index (χ3v) is 6.55. The van der Waals surface area contributed by atoms with Crippen LogP contribution in [0.4, 0.5) is 0 Å². The van der Waals surface area contributed by atoms with Gasteiger partial charge in [0.1, 0.15) is 67.1 Å². The van der Waals surface area contributed by atoms with E-state index in [1.54, 1.807) is 0 Å². The van der Waals surface area contributed by atoms with E-state index >= 15 is 0 Å². The molecule has 18 nitrogen and oxygen atoms in total. The quantitative estimate of drug-likeness (QED) is 0.0950. The Hall–Kier alpha value is -1.62.